The van der Waals surface area contributed by atoms with Crippen molar-refractivity contribution in [1.29, 1.82) is 0 Å². The molecule has 0 fully saturated rings. The lowest BCUT2D eigenvalue weighted by Gasteiger charge is -2.09. The summed E-state index contributed by atoms with van der Waals surface area (Å²) >= 11 is 0. The summed E-state index contributed by atoms with van der Waals surface area (Å²) in [6, 6.07) is 0. The van der Waals surface area contributed by atoms with Crippen LogP contribution in [0.15, 0.2) is 6.20 Å². The average molecular weight is 209 g/mol. The summed E-state index contributed by atoms with van der Waals surface area (Å²) < 4.78 is 2.09. The zero-order valence-electron chi connectivity index (χ0n) is 10.4. The average Bonchev–Trinajstić information content (AvgIpc) is 2.48. The van der Waals surface area contributed by atoms with Crippen LogP contribution in [0.2, 0.25) is 0 Å². The van der Waals surface area contributed by atoms with E-state index in [9.17, 15) is 0 Å². The molecule has 1 aromatic heterocycles. The molecule has 15 heavy (non-hydrogen) atoms. The lowest BCUT2D eigenvalue weighted by atomic mass is 10.1. The third-order valence-corrected chi connectivity index (χ3v) is 2.70. The van der Waals surface area contributed by atoms with E-state index in [4.69, 9.17) is 0 Å². The second-order valence-corrected chi connectivity index (χ2v) is 4.39. The van der Waals surface area contributed by atoms with Crippen molar-refractivity contribution in [3.05, 3.63) is 17.5 Å². The molecule has 0 radical (unpaired) electrons. The van der Waals surface area contributed by atoms with E-state index < -0.39 is 0 Å². The van der Waals surface area contributed by atoms with Gasteiger partial charge in [-0.1, -0.05) is 20.3 Å². The normalized spacial score (nSPS) is 13.1. The van der Waals surface area contributed by atoms with Gasteiger partial charge < -0.3 is 5.32 Å². The lowest BCUT2D eigenvalue weighted by Crippen LogP contribution is -2.08. The molecular weight excluding hydrogens is 186 g/mol. The molecule has 1 heterocycles. The van der Waals surface area contributed by atoms with Gasteiger partial charge in [0.1, 0.15) is 0 Å². The highest BCUT2D eigenvalue weighted by atomic mass is 15.3. The van der Waals surface area contributed by atoms with E-state index in [1.165, 1.54) is 18.4 Å². The van der Waals surface area contributed by atoms with Gasteiger partial charge >= 0.3 is 0 Å². The first-order valence-electron chi connectivity index (χ1n) is 5.84. The van der Waals surface area contributed by atoms with Gasteiger partial charge in [-0.05, 0) is 26.3 Å². The van der Waals surface area contributed by atoms with Gasteiger partial charge in [-0.15, -0.1) is 0 Å². The van der Waals surface area contributed by atoms with Crippen molar-refractivity contribution < 1.29 is 0 Å². The van der Waals surface area contributed by atoms with Crippen LogP contribution in [0.1, 0.15) is 37.9 Å². The number of nitrogens with zero attached hydrogens (tertiary/aromatic N) is 2. The fourth-order valence-corrected chi connectivity index (χ4v) is 1.92. The van der Waals surface area contributed by atoms with Crippen molar-refractivity contribution in [3.63, 3.8) is 0 Å². The number of rotatable bonds is 6. The highest BCUT2D eigenvalue weighted by Crippen LogP contribution is 2.11. The Morgan fingerprint density at radius 2 is 2.27 bits per heavy atom. The summed E-state index contributed by atoms with van der Waals surface area (Å²) in [5.74, 6) is 0.719. The Morgan fingerprint density at radius 1 is 1.53 bits per heavy atom. The number of hydrogen-bond donors (Lipinski definition) is 1. The first-order valence-corrected chi connectivity index (χ1v) is 5.84. The Bertz CT molecular complexity index is 291. The van der Waals surface area contributed by atoms with Gasteiger partial charge in [-0.2, -0.15) is 5.10 Å². The summed E-state index contributed by atoms with van der Waals surface area (Å²) in [6.45, 7) is 8.55. The summed E-state index contributed by atoms with van der Waals surface area (Å²) in [5.41, 5.74) is 2.45. The molecular formula is C12H23N3. The Balaban J connectivity index is 2.58. The first-order chi connectivity index (χ1) is 7.17. The van der Waals surface area contributed by atoms with E-state index >= 15 is 0 Å². The van der Waals surface area contributed by atoms with E-state index in [1.807, 2.05) is 7.05 Å². The van der Waals surface area contributed by atoms with Crippen molar-refractivity contribution >= 4 is 0 Å². The van der Waals surface area contributed by atoms with Gasteiger partial charge in [-0.25, -0.2) is 0 Å². The van der Waals surface area contributed by atoms with Crippen molar-refractivity contribution in [2.45, 2.75) is 46.7 Å². The van der Waals surface area contributed by atoms with Gasteiger partial charge in [0.05, 0.1) is 5.69 Å². The molecule has 0 aromatic carbocycles. The van der Waals surface area contributed by atoms with Gasteiger partial charge in [0, 0.05) is 24.8 Å². The van der Waals surface area contributed by atoms with Crippen molar-refractivity contribution in [2.24, 2.45) is 5.92 Å². The first kappa shape index (κ1) is 12.2. The van der Waals surface area contributed by atoms with Gasteiger partial charge in [0.15, 0.2) is 0 Å². The monoisotopic (exact) mass is 209 g/mol. The van der Waals surface area contributed by atoms with Gasteiger partial charge in [0.2, 0.25) is 0 Å². The molecule has 1 N–H and O–H groups in total. The van der Waals surface area contributed by atoms with E-state index in [-0.39, 0.29) is 0 Å². The zero-order valence-corrected chi connectivity index (χ0v) is 10.4. The van der Waals surface area contributed by atoms with Crippen LogP contribution in [0.5, 0.6) is 0 Å². The maximum absolute atomic E-state index is 4.53. The van der Waals surface area contributed by atoms with E-state index in [1.54, 1.807) is 0 Å². The Morgan fingerprint density at radius 3 is 2.87 bits per heavy atom. The Labute approximate surface area is 92.9 Å². The zero-order chi connectivity index (χ0) is 11.3. The second kappa shape index (κ2) is 5.91. The molecule has 0 aliphatic heterocycles. The molecule has 3 heteroatoms. The van der Waals surface area contributed by atoms with Crippen LogP contribution in [0.25, 0.3) is 0 Å². The molecule has 86 valence electrons. The molecule has 1 unspecified atom stereocenters. The minimum absolute atomic E-state index is 0.719. The largest absolute Gasteiger partial charge is 0.316 e. The van der Waals surface area contributed by atoms with Crippen LogP contribution in [0.4, 0.5) is 0 Å². The molecule has 0 aliphatic carbocycles. The predicted octanol–water partition coefficient (Wildman–Crippen LogP) is 2.35. The highest BCUT2D eigenvalue weighted by Gasteiger charge is 2.06. The molecule has 1 atom stereocenters. The van der Waals surface area contributed by atoms with Crippen LogP contribution in [-0.4, -0.2) is 16.8 Å². The van der Waals surface area contributed by atoms with Gasteiger partial charge in [0.25, 0.3) is 0 Å². The van der Waals surface area contributed by atoms with Gasteiger partial charge in [-0.3, -0.25) is 4.68 Å². The SMILES string of the molecule is CCCC(C)Cn1cc(CNC)c(C)n1. The molecule has 0 amide bonds. The van der Waals surface area contributed by atoms with Crippen LogP contribution < -0.4 is 5.32 Å². The van der Waals surface area contributed by atoms with E-state index in [0.29, 0.717) is 0 Å². The maximum atomic E-state index is 4.53. The van der Waals surface area contributed by atoms with Crippen LogP contribution in [-0.2, 0) is 13.1 Å². The topological polar surface area (TPSA) is 29.9 Å². The fourth-order valence-electron chi connectivity index (χ4n) is 1.92. The smallest absolute Gasteiger partial charge is 0.0638 e. The van der Waals surface area contributed by atoms with Crippen LogP contribution >= 0.6 is 0 Å². The Kier molecular flexibility index (Phi) is 4.82. The summed E-state index contributed by atoms with van der Waals surface area (Å²) in [7, 11) is 1.97. The molecule has 0 saturated heterocycles. The van der Waals surface area contributed by atoms with E-state index in [0.717, 1.165) is 24.7 Å². The van der Waals surface area contributed by atoms with Crippen molar-refractivity contribution in [2.75, 3.05) is 7.05 Å². The summed E-state index contributed by atoms with van der Waals surface area (Å²) in [6.07, 6.45) is 4.70. The number of aromatic nitrogens is 2. The minimum atomic E-state index is 0.719. The third kappa shape index (κ3) is 3.67. The number of nitrogens with one attached hydrogen (secondary N) is 1. The molecule has 0 bridgehead atoms. The van der Waals surface area contributed by atoms with Crippen molar-refractivity contribution in [1.82, 2.24) is 15.1 Å². The minimum Gasteiger partial charge on any atom is -0.316 e. The van der Waals surface area contributed by atoms with Crippen molar-refractivity contribution in [3.8, 4) is 0 Å². The molecule has 0 aliphatic rings. The highest BCUT2D eigenvalue weighted by molar-refractivity contribution is 5.14. The Hall–Kier alpha value is -0.830. The maximum Gasteiger partial charge on any atom is 0.0638 e. The van der Waals surface area contributed by atoms with Crippen LogP contribution in [0.3, 0.4) is 0 Å². The molecule has 0 spiro atoms. The fraction of sp³-hybridized carbons (Fsp3) is 0.750. The lowest BCUT2D eigenvalue weighted by molar-refractivity contribution is 0.419. The third-order valence-electron chi connectivity index (χ3n) is 2.70. The molecule has 1 aromatic rings. The number of aryl methyl sites for hydroxylation is 1. The van der Waals surface area contributed by atoms with Crippen LogP contribution in [0, 0.1) is 12.8 Å². The molecule has 1 rings (SSSR count). The van der Waals surface area contributed by atoms with E-state index in [2.05, 4.69) is 42.1 Å². The molecule has 3 nitrogen and oxygen atoms in total. The predicted molar refractivity (Wildman–Crippen MR) is 63.8 cm³/mol. The number of hydrogen-bond acceptors (Lipinski definition) is 2. The quantitative estimate of drug-likeness (QED) is 0.779. The summed E-state index contributed by atoms with van der Waals surface area (Å²) in [5, 5.41) is 7.69. The molecule has 0 saturated carbocycles. The standard InChI is InChI=1S/C12H23N3/c1-5-6-10(2)8-15-9-12(7-13-4)11(3)14-15/h9-10,13H,5-8H2,1-4H3. The second-order valence-electron chi connectivity index (χ2n) is 4.39. The summed E-state index contributed by atoms with van der Waals surface area (Å²) in [4.78, 5) is 0.